The van der Waals surface area contributed by atoms with Crippen LogP contribution in [0.25, 0.3) is 0 Å². The average Bonchev–Trinajstić information content (AvgIpc) is 3.08. The molecule has 2 aliphatic heterocycles. The number of ether oxygens (including phenoxy) is 2. The molecule has 1 aromatic rings. The average molecular weight is 360 g/mol. The van der Waals surface area contributed by atoms with Crippen molar-refractivity contribution in [3.63, 3.8) is 0 Å². The van der Waals surface area contributed by atoms with Crippen molar-refractivity contribution >= 4 is 12.1 Å². The maximum atomic E-state index is 12.6. The van der Waals surface area contributed by atoms with Crippen LogP contribution in [0.15, 0.2) is 30.3 Å². The molecule has 0 N–H and O–H groups in total. The molecule has 6 heteroatoms. The van der Waals surface area contributed by atoms with Crippen LogP contribution in [-0.2, 0) is 20.8 Å². The van der Waals surface area contributed by atoms with E-state index in [1.807, 2.05) is 39.0 Å². The van der Waals surface area contributed by atoms with E-state index in [-0.39, 0.29) is 18.0 Å². The fraction of sp³-hybridized carbons (Fsp3) is 0.600. The molecule has 2 atom stereocenters. The third-order valence-corrected chi connectivity index (χ3v) is 5.17. The zero-order valence-corrected chi connectivity index (χ0v) is 16.0. The number of hydrogen-bond donors (Lipinski definition) is 0. The fourth-order valence-electron chi connectivity index (χ4n) is 4.09. The number of hydrogen-bond acceptors (Lipinski definition) is 5. The number of rotatable bonds is 3. The van der Waals surface area contributed by atoms with Crippen molar-refractivity contribution in [1.29, 1.82) is 0 Å². The van der Waals surface area contributed by atoms with Gasteiger partial charge in [-0.05, 0) is 26.3 Å². The number of methoxy groups -OCH3 is 1. The summed E-state index contributed by atoms with van der Waals surface area (Å²) in [7, 11) is 1.42. The summed E-state index contributed by atoms with van der Waals surface area (Å²) in [6, 6.07) is 10.2. The first kappa shape index (κ1) is 18.7. The number of nitrogens with zero attached hydrogens (tertiary/aromatic N) is 2. The summed E-state index contributed by atoms with van der Waals surface area (Å²) in [5.74, 6) is -0.171. The van der Waals surface area contributed by atoms with E-state index in [9.17, 15) is 9.59 Å². The summed E-state index contributed by atoms with van der Waals surface area (Å²) in [5.41, 5.74) is 0.00368. The van der Waals surface area contributed by atoms with Gasteiger partial charge in [0.05, 0.1) is 7.11 Å². The molecule has 0 bridgehead atoms. The third-order valence-electron chi connectivity index (χ3n) is 5.17. The molecule has 0 aliphatic carbocycles. The lowest BCUT2D eigenvalue weighted by molar-refractivity contribution is -0.152. The second kappa shape index (κ2) is 6.91. The van der Waals surface area contributed by atoms with Crippen LogP contribution < -0.4 is 0 Å². The van der Waals surface area contributed by atoms with Gasteiger partial charge < -0.3 is 14.4 Å². The van der Waals surface area contributed by atoms with Crippen molar-refractivity contribution < 1.29 is 19.1 Å². The minimum absolute atomic E-state index is 0.0613. The van der Waals surface area contributed by atoms with E-state index in [2.05, 4.69) is 17.0 Å². The summed E-state index contributed by atoms with van der Waals surface area (Å²) in [4.78, 5) is 29.0. The first-order valence-corrected chi connectivity index (χ1v) is 9.06. The van der Waals surface area contributed by atoms with Crippen molar-refractivity contribution in [3.8, 4) is 0 Å². The predicted octanol–water partition coefficient (Wildman–Crippen LogP) is 2.53. The standard InChI is InChI=1S/C20H28N2O4/c1-19(2,3)26-18(24)22-12-16-11-21(10-15-8-6-5-7-9-15)13-20(16,14-22)17(23)25-4/h5-9,16H,10-14H2,1-4H3. The second-order valence-electron chi connectivity index (χ2n) is 8.36. The summed E-state index contributed by atoms with van der Waals surface area (Å²) < 4.78 is 10.6. The van der Waals surface area contributed by atoms with Crippen LogP contribution in [0.3, 0.4) is 0 Å². The zero-order chi connectivity index (χ0) is 18.9. The summed E-state index contributed by atoms with van der Waals surface area (Å²) in [5, 5.41) is 0. The van der Waals surface area contributed by atoms with Crippen LogP contribution in [0, 0.1) is 11.3 Å². The molecule has 2 heterocycles. The van der Waals surface area contributed by atoms with Gasteiger partial charge >= 0.3 is 12.1 Å². The van der Waals surface area contributed by atoms with Crippen molar-refractivity contribution in [2.24, 2.45) is 11.3 Å². The Balaban J connectivity index is 1.73. The van der Waals surface area contributed by atoms with Crippen molar-refractivity contribution in [1.82, 2.24) is 9.80 Å². The molecule has 0 radical (unpaired) electrons. The van der Waals surface area contributed by atoms with Gasteiger partial charge in [-0.1, -0.05) is 30.3 Å². The smallest absolute Gasteiger partial charge is 0.410 e. The van der Waals surface area contributed by atoms with Crippen molar-refractivity contribution in [2.75, 3.05) is 33.3 Å². The number of esters is 1. The van der Waals surface area contributed by atoms with Crippen LogP contribution in [0.4, 0.5) is 4.79 Å². The molecule has 142 valence electrons. The van der Waals surface area contributed by atoms with Crippen molar-refractivity contribution in [2.45, 2.75) is 32.9 Å². The molecule has 6 nitrogen and oxygen atoms in total. The molecule has 2 saturated heterocycles. The van der Waals surface area contributed by atoms with Gasteiger partial charge in [0, 0.05) is 38.6 Å². The number of benzene rings is 1. The highest BCUT2D eigenvalue weighted by atomic mass is 16.6. The van der Waals surface area contributed by atoms with Crippen LogP contribution in [-0.4, -0.2) is 60.8 Å². The number of amides is 1. The maximum Gasteiger partial charge on any atom is 0.410 e. The predicted molar refractivity (Wildman–Crippen MR) is 97.5 cm³/mol. The molecule has 3 rings (SSSR count). The highest BCUT2D eigenvalue weighted by Crippen LogP contribution is 2.44. The number of likely N-dealkylation sites (tertiary alicyclic amines) is 2. The lowest BCUT2D eigenvalue weighted by atomic mass is 9.81. The fourth-order valence-corrected chi connectivity index (χ4v) is 4.09. The Morgan fingerprint density at radius 1 is 1.15 bits per heavy atom. The van der Waals surface area contributed by atoms with E-state index in [1.165, 1.54) is 12.7 Å². The Bertz CT molecular complexity index is 670. The molecular formula is C20H28N2O4. The van der Waals surface area contributed by atoms with Gasteiger partial charge in [0.15, 0.2) is 0 Å². The normalized spacial score (nSPS) is 25.8. The van der Waals surface area contributed by atoms with Gasteiger partial charge in [0.1, 0.15) is 11.0 Å². The molecule has 2 unspecified atom stereocenters. The van der Waals surface area contributed by atoms with E-state index >= 15 is 0 Å². The van der Waals surface area contributed by atoms with Crippen LogP contribution in [0.5, 0.6) is 0 Å². The minimum Gasteiger partial charge on any atom is -0.468 e. The van der Waals surface area contributed by atoms with Crippen LogP contribution in [0.2, 0.25) is 0 Å². The lowest BCUT2D eigenvalue weighted by Crippen LogP contribution is -2.43. The zero-order valence-electron chi connectivity index (χ0n) is 16.0. The molecule has 2 fully saturated rings. The Morgan fingerprint density at radius 3 is 2.46 bits per heavy atom. The van der Waals surface area contributed by atoms with E-state index in [1.54, 1.807) is 4.90 Å². The van der Waals surface area contributed by atoms with E-state index in [0.717, 1.165) is 13.1 Å². The first-order chi connectivity index (χ1) is 12.2. The van der Waals surface area contributed by atoms with E-state index in [0.29, 0.717) is 19.6 Å². The summed E-state index contributed by atoms with van der Waals surface area (Å²) >= 11 is 0. The van der Waals surface area contributed by atoms with E-state index < -0.39 is 11.0 Å². The SMILES string of the molecule is COC(=O)C12CN(Cc3ccccc3)CC1CN(C(=O)OC(C)(C)C)C2. The van der Waals surface area contributed by atoms with Gasteiger partial charge in [0.2, 0.25) is 0 Å². The van der Waals surface area contributed by atoms with E-state index in [4.69, 9.17) is 9.47 Å². The number of fused-ring (bicyclic) bond motifs is 1. The van der Waals surface area contributed by atoms with Gasteiger partial charge in [-0.25, -0.2) is 4.79 Å². The van der Waals surface area contributed by atoms with Gasteiger partial charge in [-0.15, -0.1) is 0 Å². The Morgan fingerprint density at radius 2 is 1.85 bits per heavy atom. The molecule has 2 aliphatic rings. The monoisotopic (exact) mass is 360 g/mol. The summed E-state index contributed by atoms with van der Waals surface area (Å²) in [6.07, 6.45) is -0.357. The van der Waals surface area contributed by atoms with Gasteiger partial charge in [-0.2, -0.15) is 0 Å². The van der Waals surface area contributed by atoms with Crippen LogP contribution >= 0.6 is 0 Å². The highest BCUT2D eigenvalue weighted by Gasteiger charge is 2.59. The molecule has 0 aromatic heterocycles. The Hall–Kier alpha value is -2.08. The van der Waals surface area contributed by atoms with Crippen molar-refractivity contribution in [3.05, 3.63) is 35.9 Å². The Labute approximate surface area is 155 Å². The molecule has 0 spiro atoms. The van der Waals surface area contributed by atoms with Gasteiger partial charge in [-0.3, -0.25) is 9.69 Å². The largest absolute Gasteiger partial charge is 0.468 e. The highest BCUT2D eigenvalue weighted by molar-refractivity contribution is 5.81. The molecule has 1 aromatic carbocycles. The Kier molecular flexibility index (Phi) is 4.97. The molecule has 1 amide bonds. The number of carbonyl (C=O) groups excluding carboxylic acids is 2. The molecule has 26 heavy (non-hydrogen) atoms. The lowest BCUT2D eigenvalue weighted by Gasteiger charge is -2.28. The quantitative estimate of drug-likeness (QED) is 0.775. The molecule has 0 saturated carbocycles. The molecular weight excluding hydrogens is 332 g/mol. The third kappa shape index (κ3) is 3.70. The topological polar surface area (TPSA) is 59.1 Å². The summed E-state index contributed by atoms with van der Waals surface area (Å²) in [6.45, 7) is 8.57. The minimum atomic E-state index is -0.666. The maximum absolute atomic E-state index is 12.6. The first-order valence-electron chi connectivity index (χ1n) is 9.06. The van der Waals surface area contributed by atoms with Crippen LogP contribution in [0.1, 0.15) is 26.3 Å². The van der Waals surface area contributed by atoms with Gasteiger partial charge in [0.25, 0.3) is 0 Å². The second-order valence-corrected chi connectivity index (χ2v) is 8.36. The number of carbonyl (C=O) groups is 2.